The van der Waals surface area contributed by atoms with Crippen LogP contribution in [0.2, 0.25) is 5.15 Å². The Labute approximate surface area is 81.5 Å². The van der Waals surface area contributed by atoms with Gasteiger partial charge in [0.2, 0.25) is 0 Å². The van der Waals surface area contributed by atoms with Crippen molar-refractivity contribution in [2.24, 2.45) is 0 Å². The second-order valence-corrected chi connectivity index (χ2v) is 3.02. The highest BCUT2D eigenvalue weighted by Crippen LogP contribution is 2.13. The van der Waals surface area contributed by atoms with Crippen molar-refractivity contribution in [1.82, 2.24) is 4.98 Å². The molecule has 1 rings (SSSR count). The summed E-state index contributed by atoms with van der Waals surface area (Å²) in [5.41, 5.74) is 1.84. The average Bonchev–Trinajstić information content (AvgIpc) is 2.04. The van der Waals surface area contributed by atoms with Crippen LogP contribution in [0.4, 0.5) is 0 Å². The Morgan fingerprint density at radius 3 is 3.00 bits per heavy atom. The van der Waals surface area contributed by atoms with Crippen LogP contribution in [-0.4, -0.2) is 10.7 Å². The molecule has 0 aliphatic rings. The molecular formula is C9H8ClN3. The number of nitrogens with one attached hydrogen (secondary N) is 1. The van der Waals surface area contributed by atoms with Crippen molar-refractivity contribution in [2.75, 3.05) is 0 Å². The van der Waals surface area contributed by atoms with Crippen LogP contribution in [0.1, 0.15) is 17.5 Å². The monoisotopic (exact) mass is 193 g/mol. The van der Waals surface area contributed by atoms with E-state index in [-0.39, 0.29) is 12.1 Å². The molecule has 13 heavy (non-hydrogen) atoms. The maximum absolute atomic E-state index is 8.41. The minimum absolute atomic E-state index is 0.101. The highest BCUT2D eigenvalue weighted by Gasteiger charge is 2.05. The Bertz CT molecular complexity index is 379. The molecule has 0 saturated carbocycles. The molecule has 0 spiro atoms. The van der Waals surface area contributed by atoms with Gasteiger partial charge in [-0.25, -0.2) is 4.98 Å². The van der Waals surface area contributed by atoms with E-state index in [1.807, 2.05) is 13.0 Å². The number of aryl methyl sites for hydroxylation is 1. The number of hydrogen-bond donors (Lipinski definition) is 1. The van der Waals surface area contributed by atoms with Gasteiger partial charge in [0, 0.05) is 11.8 Å². The van der Waals surface area contributed by atoms with E-state index < -0.39 is 0 Å². The van der Waals surface area contributed by atoms with Gasteiger partial charge in [-0.1, -0.05) is 11.6 Å². The predicted molar refractivity (Wildman–Crippen MR) is 51.0 cm³/mol. The van der Waals surface area contributed by atoms with Gasteiger partial charge in [-0.05, 0) is 18.6 Å². The molecule has 4 heteroatoms. The van der Waals surface area contributed by atoms with Crippen molar-refractivity contribution >= 4 is 17.3 Å². The largest absolute Gasteiger partial charge is 0.304 e. The van der Waals surface area contributed by atoms with Crippen LogP contribution >= 0.6 is 11.6 Å². The third kappa shape index (κ3) is 2.27. The summed E-state index contributed by atoms with van der Waals surface area (Å²) < 4.78 is 0. The zero-order valence-corrected chi connectivity index (χ0v) is 7.89. The van der Waals surface area contributed by atoms with Crippen LogP contribution in [0.3, 0.4) is 0 Å². The number of halogens is 1. The molecule has 66 valence electrons. The summed E-state index contributed by atoms with van der Waals surface area (Å²) >= 11 is 5.65. The third-order valence-electron chi connectivity index (χ3n) is 1.66. The second kappa shape index (κ2) is 4.01. The third-order valence-corrected chi connectivity index (χ3v) is 1.87. The summed E-state index contributed by atoms with van der Waals surface area (Å²) in [6, 6.07) is 3.61. The summed E-state index contributed by atoms with van der Waals surface area (Å²) in [6.45, 7) is 1.84. The molecule has 0 aromatic carbocycles. The molecule has 3 nitrogen and oxygen atoms in total. The minimum atomic E-state index is 0.101. The number of pyridine rings is 1. The normalized spacial score (nSPS) is 9.31. The molecule has 0 fully saturated rings. The van der Waals surface area contributed by atoms with Gasteiger partial charge in [0.25, 0.3) is 0 Å². The van der Waals surface area contributed by atoms with Crippen molar-refractivity contribution in [3.63, 3.8) is 0 Å². The molecule has 1 aromatic rings. The van der Waals surface area contributed by atoms with E-state index in [4.69, 9.17) is 22.3 Å². The van der Waals surface area contributed by atoms with Crippen LogP contribution in [0, 0.1) is 23.7 Å². The van der Waals surface area contributed by atoms with Gasteiger partial charge in [0.05, 0.1) is 18.2 Å². The van der Waals surface area contributed by atoms with E-state index in [0.29, 0.717) is 10.7 Å². The van der Waals surface area contributed by atoms with Gasteiger partial charge in [-0.3, -0.25) is 0 Å². The first-order valence-corrected chi connectivity index (χ1v) is 4.10. The summed E-state index contributed by atoms with van der Waals surface area (Å²) in [4.78, 5) is 3.86. The maximum Gasteiger partial charge on any atom is 0.129 e. The number of rotatable bonds is 2. The quantitative estimate of drug-likeness (QED) is 0.579. The number of nitriles is 1. The molecule has 0 unspecified atom stereocenters. The first kappa shape index (κ1) is 9.69. The van der Waals surface area contributed by atoms with Gasteiger partial charge >= 0.3 is 0 Å². The fourth-order valence-electron chi connectivity index (χ4n) is 1.01. The van der Waals surface area contributed by atoms with Crippen molar-refractivity contribution in [1.29, 1.82) is 10.7 Å². The fraction of sp³-hybridized carbons (Fsp3) is 0.222. The number of aromatic nitrogens is 1. The molecular weight excluding hydrogens is 186 g/mol. The van der Waals surface area contributed by atoms with Crippen molar-refractivity contribution < 1.29 is 0 Å². The molecule has 0 amide bonds. The van der Waals surface area contributed by atoms with E-state index >= 15 is 0 Å². The first-order valence-electron chi connectivity index (χ1n) is 3.72. The molecule has 1 N–H and O–H groups in total. The van der Waals surface area contributed by atoms with Gasteiger partial charge in [-0.15, -0.1) is 0 Å². The lowest BCUT2D eigenvalue weighted by molar-refractivity contribution is 1.24. The van der Waals surface area contributed by atoms with Crippen molar-refractivity contribution in [2.45, 2.75) is 13.3 Å². The molecule has 0 bridgehead atoms. The van der Waals surface area contributed by atoms with Crippen LogP contribution < -0.4 is 0 Å². The molecule has 0 radical (unpaired) electrons. The summed E-state index contributed by atoms with van der Waals surface area (Å²) in [5, 5.41) is 16.3. The predicted octanol–water partition coefficient (Wildman–Crippen LogP) is 2.32. The van der Waals surface area contributed by atoms with Crippen LogP contribution in [0.15, 0.2) is 12.3 Å². The van der Waals surface area contributed by atoms with Crippen LogP contribution in [0.5, 0.6) is 0 Å². The smallest absolute Gasteiger partial charge is 0.129 e. The highest BCUT2D eigenvalue weighted by atomic mass is 35.5. The van der Waals surface area contributed by atoms with Crippen molar-refractivity contribution in [3.05, 3.63) is 28.5 Å². The Morgan fingerprint density at radius 2 is 2.46 bits per heavy atom. The molecule has 0 atom stereocenters. The topological polar surface area (TPSA) is 60.5 Å². The highest BCUT2D eigenvalue weighted by molar-refractivity contribution is 6.29. The molecule has 0 aliphatic carbocycles. The first-order chi connectivity index (χ1) is 6.15. The lowest BCUT2D eigenvalue weighted by atomic mass is 10.1. The van der Waals surface area contributed by atoms with E-state index in [9.17, 15) is 0 Å². The number of hydrogen-bond acceptors (Lipinski definition) is 3. The van der Waals surface area contributed by atoms with Gasteiger partial charge < -0.3 is 5.41 Å². The zero-order valence-electron chi connectivity index (χ0n) is 7.13. The fourth-order valence-corrected chi connectivity index (χ4v) is 1.22. The lowest BCUT2D eigenvalue weighted by Crippen LogP contribution is -2.01. The molecule has 1 aromatic heterocycles. The molecule has 0 saturated heterocycles. The molecule has 1 heterocycles. The van der Waals surface area contributed by atoms with E-state index in [0.717, 1.165) is 5.56 Å². The summed E-state index contributed by atoms with van der Waals surface area (Å²) in [6.07, 6.45) is 1.63. The van der Waals surface area contributed by atoms with Gasteiger partial charge in [0.15, 0.2) is 0 Å². The lowest BCUT2D eigenvalue weighted by Gasteiger charge is -2.03. The van der Waals surface area contributed by atoms with Crippen LogP contribution in [-0.2, 0) is 0 Å². The Hall–Kier alpha value is -1.40. The van der Waals surface area contributed by atoms with E-state index in [1.165, 1.54) is 6.20 Å². The molecule has 0 aliphatic heterocycles. The zero-order chi connectivity index (χ0) is 9.84. The summed E-state index contributed by atoms with van der Waals surface area (Å²) in [5.74, 6) is 0. The van der Waals surface area contributed by atoms with Gasteiger partial charge in [-0.2, -0.15) is 5.26 Å². The second-order valence-electron chi connectivity index (χ2n) is 2.64. The van der Waals surface area contributed by atoms with Crippen molar-refractivity contribution in [3.8, 4) is 6.07 Å². The summed E-state index contributed by atoms with van der Waals surface area (Å²) in [7, 11) is 0. The SMILES string of the molecule is Cc1cc(Cl)ncc1C(=N)CC#N. The minimum Gasteiger partial charge on any atom is -0.304 e. The van der Waals surface area contributed by atoms with E-state index in [1.54, 1.807) is 6.07 Å². The Morgan fingerprint density at radius 1 is 1.77 bits per heavy atom. The number of nitrogens with zero attached hydrogens (tertiary/aromatic N) is 2. The maximum atomic E-state index is 8.41. The Balaban J connectivity index is 3.03. The van der Waals surface area contributed by atoms with Crippen LogP contribution in [0.25, 0.3) is 0 Å². The average molecular weight is 194 g/mol. The van der Waals surface area contributed by atoms with E-state index in [2.05, 4.69) is 4.98 Å². The standard InChI is InChI=1S/C9H8ClN3/c1-6-4-9(10)13-5-7(6)8(12)2-3-11/h4-5,12H,2H2,1H3. The van der Waals surface area contributed by atoms with Gasteiger partial charge in [0.1, 0.15) is 5.15 Å². The Kier molecular flexibility index (Phi) is 2.99.